The molecule has 0 aromatic carbocycles. The lowest BCUT2D eigenvalue weighted by atomic mass is 10.1. The highest BCUT2D eigenvalue weighted by atomic mass is 19.4. The number of hydrogen-bond donors (Lipinski definition) is 3. The van der Waals surface area contributed by atoms with Gasteiger partial charge in [-0.3, -0.25) is 14.4 Å². The van der Waals surface area contributed by atoms with Crippen LogP contribution in [0.4, 0.5) is 13.2 Å². The summed E-state index contributed by atoms with van der Waals surface area (Å²) in [6, 6.07) is 0. The molecule has 8 nitrogen and oxygen atoms in total. The van der Waals surface area contributed by atoms with Gasteiger partial charge in [0, 0.05) is 31.8 Å². The van der Waals surface area contributed by atoms with Crippen molar-refractivity contribution in [3.63, 3.8) is 0 Å². The highest BCUT2D eigenvalue weighted by molar-refractivity contribution is 5.93. The summed E-state index contributed by atoms with van der Waals surface area (Å²) in [5, 5.41) is 13.0. The number of aromatic nitrogens is 3. The molecule has 1 aromatic heterocycles. The number of hydrogen-bond acceptors (Lipinski definition) is 5. The zero-order valence-electron chi connectivity index (χ0n) is 13.4. The number of halogens is 3. The minimum Gasteiger partial charge on any atom is -0.356 e. The van der Waals surface area contributed by atoms with Crippen LogP contribution in [0.1, 0.15) is 42.4 Å². The Morgan fingerprint density at radius 3 is 2.56 bits per heavy atom. The molecule has 1 unspecified atom stereocenters. The first-order valence-corrected chi connectivity index (χ1v) is 7.74. The second-order valence-electron chi connectivity index (χ2n) is 6.06. The van der Waals surface area contributed by atoms with Crippen molar-refractivity contribution < 1.29 is 27.6 Å². The molecule has 25 heavy (non-hydrogen) atoms. The minimum atomic E-state index is -4.78. The van der Waals surface area contributed by atoms with Crippen LogP contribution in [0.5, 0.6) is 0 Å². The Bertz CT molecular complexity index is 658. The second-order valence-corrected chi connectivity index (χ2v) is 6.06. The smallest absolute Gasteiger partial charge is 0.356 e. The molecule has 0 bridgehead atoms. The van der Waals surface area contributed by atoms with Crippen LogP contribution in [0.2, 0.25) is 0 Å². The average Bonchev–Trinajstić information content (AvgIpc) is 3.18. The molecular formula is C14H18F3N5O3. The van der Waals surface area contributed by atoms with Crippen molar-refractivity contribution in [3.05, 3.63) is 11.4 Å². The fraction of sp³-hybridized carbons (Fsp3) is 0.643. The molecule has 1 aliphatic carbocycles. The third-order valence-electron chi connectivity index (χ3n) is 3.88. The predicted octanol–water partition coefficient (Wildman–Crippen LogP) is 0.675. The van der Waals surface area contributed by atoms with E-state index in [9.17, 15) is 27.6 Å². The quantitative estimate of drug-likeness (QED) is 0.689. The number of ketones is 1. The van der Waals surface area contributed by atoms with Gasteiger partial charge in [-0.05, 0) is 12.3 Å². The third kappa shape index (κ3) is 5.00. The number of Topliss-reactive ketones (excluding diaryl/α,β-unsaturated/α-hetero) is 1. The molecule has 0 radical (unpaired) electrons. The van der Waals surface area contributed by atoms with E-state index in [4.69, 9.17) is 0 Å². The standard InChI is InChI=1S/C14H18F3N5O3/c1-7(5-18-12(24)8-2-3-9(23)4-8)6-19-13(25)10-11(14(15,16)17)21-22-20-10/h7-8H,2-6H2,1H3,(H,18,24)(H,19,25)(H,20,21,22)/t7-,8?/m1/s1. The van der Waals surface area contributed by atoms with Crippen molar-refractivity contribution in [1.29, 1.82) is 0 Å². The van der Waals surface area contributed by atoms with E-state index in [1.807, 2.05) is 0 Å². The number of nitrogens with zero attached hydrogens (tertiary/aromatic N) is 2. The van der Waals surface area contributed by atoms with Crippen LogP contribution in [0.3, 0.4) is 0 Å². The highest BCUT2D eigenvalue weighted by Gasteiger charge is 2.39. The molecule has 2 rings (SSSR count). The maximum Gasteiger partial charge on any atom is 0.437 e. The molecule has 11 heteroatoms. The van der Waals surface area contributed by atoms with Crippen LogP contribution in [0.25, 0.3) is 0 Å². The minimum absolute atomic E-state index is 0.0485. The molecule has 1 aromatic rings. The lowest BCUT2D eigenvalue weighted by Gasteiger charge is -2.15. The number of carbonyl (C=O) groups excluding carboxylic acids is 3. The van der Waals surface area contributed by atoms with Gasteiger partial charge in [0.25, 0.3) is 5.91 Å². The Balaban J connectivity index is 1.77. The first kappa shape index (κ1) is 18.9. The monoisotopic (exact) mass is 361 g/mol. The van der Waals surface area contributed by atoms with Crippen molar-refractivity contribution in [2.24, 2.45) is 11.8 Å². The van der Waals surface area contributed by atoms with E-state index in [2.05, 4.69) is 20.8 Å². The topological polar surface area (TPSA) is 117 Å². The summed E-state index contributed by atoms with van der Waals surface area (Å²) in [7, 11) is 0. The van der Waals surface area contributed by atoms with Gasteiger partial charge in [0.15, 0.2) is 11.4 Å². The normalized spacial score (nSPS) is 18.9. The first-order valence-electron chi connectivity index (χ1n) is 7.74. The number of aromatic amines is 1. The van der Waals surface area contributed by atoms with Crippen LogP contribution >= 0.6 is 0 Å². The molecule has 3 N–H and O–H groups in total. The number of rotatable bonds is 6. The lowest BCUT2D eigenvalue weighted by Crippen LogP contribution is -2.38. The molecule has 1 aliphatic rings. The van der Waals surface area contributed by atoms with Gasteiger partial charge in [0.2, 0.25) is 5.91 Å². The van der Waals surface area contributed by atoms with Gasteiger partial charge in [0.05, 0.1) is 0 Å². The first-order chi connectivity index (χ1) is 11.7. The van der Waals surface area contributed by atoms with Crippen molar-refractivity contribution >= 4 is 17.6 Å². The average molecular weight is 361 g/mol. The van der Waals surface area contributed by atoms with Crippen LogP contribution in [-0.2, 0) is 15.8 Å². The molecule has 1 saturated carbocycles. The summed E-state index contributed by atoms with van der Waals surface area (Å²) in [6.45, 7) is 2.00. The third-order valence-corrected chi connectivity index (χ3v) is 3.88. The van der Waals surface area contributed by atoms with Crippen molar-refractivity contribution in [3.8, 4) is 0 Å². The SMILES string of the molecule is C[C@@H](CNC(=O)c1n[nH]nc1C(F)(F)F)CNC(=O)C1CCC(=O)C1. The number of H-pyrrole nitrogens is 1. The Hall–Kier alpha value is -2.46. The van der Waals surface area contributed by atoms with E-state index in [1.165, 1.54) is 0 Å². The maximum absolute atomic E-state index is 12.7. The molecule has 1 heterocycles. The van der Waals surface area contributed by atoms with E-state index in [-0.39, 0.29) is 43.0 Å². The number of nitrogens with one attached hydrogen (secondary N) is 3. The van der Waals surface area contributed by atoms with E-state index < -0.39 is 23.5 Å². The van der Waals surface area contributed by atoms with Crippen molar-refractivity contribution in [1.82, 2.24) is 26.0 Å². The van der Waals surface area contributed by atoms with Gasteiger partial charge in [0.1, 0.15) is 5.78 Å². The fourth-order valence-electron chi connectivity index (χ4n) is 2.47. The predicted molar refractivity (Wildman–Crippen MR) is 78.2 cm³/mol. The van der Waals surface area contributed by atoms with Gasteiger partial charge in [-0.15, -0.1) is 0 Å². The Morgan fingerprint density at radius 1 is 1.28 bits per heavy atom. The summed E-state index contributed by atoms with van der Waals surface area (Å²) in [5.41, 5.74) is -2.20. The highest BCUT2D eigenvalue weighted by Crippen LogP contribution is 2.29. The maximum atomic E-state index is 12.7. The molecule has 1 fully saturated rings. The summed E-state index contributed by atoms with van der Waals surface area (Å²) in [6.07, 6.45) is -3.60. The van der Waals surface area contributed by atoms with E-state index in [0.29, 0.717) is 12.8 Å². The van der Waals surface area contributed by atoms with E-state index >= 15 is 0 Å². The zero-order valence-corrected chi connectivity index (χ0v) is 13.4. The molecule has 0 spiro atoms. The Kier molecular flexibility index (Phi) is 5.75. The van der Waals surface area contributed by atoms with Crippen LogP contribution in [0, 0.1) is 11.8 Å². The summed E-state index contributed by atoms with van der Waals surface area (Å²) in [4.78, 5) is 34.8. The molecule has 2 atom stereocenters. The summed E-state index contributed by atoms with van der Waals surface area (Å²) >= 11 is 0. The van der Waals surface area contributed by atoms with Crippen molar-refractivity contribution in [2.45, 2.75) is 32.4 Å². The lowest BCUT2D eigenvalue weighted by molar-refractivity contribution is -0.141. The van der Waals surface area contributed by atoms with Gasteiger partial charge >= 0.3 is 6.18 Å². The number of carbonyl (C=O) groups is 3. The van der Waals surface area contributed by atoms with E-state index in [1.54, 1.807) is 12.1 Å². The number of amides is 2. The summed E-state index contributed by atoms with van der Waals surface area (Å²) < 4.78 is 38.0. The second kappa shape index (κ2) is 7.62. The Morgan fingerprint density at radius 2 is 1.96 bits per heavy atom. The van der Waals surface area contributed by atoms with Crippen molar-refractivity contribution in [2.75, 3.05) is 13.1 Å². The van der Waals surface area contributed by atoms with Gasteiger partial charge in [-0.25, -0.2) is 0 Å². The van der Waals surface area contributed by atoms with Gasteiger partial charge in [-0.2, -0.15) is 28.6 Å². The number of alkyl halides is 3. The van der Waals surface area contributed by atoms with Crippen LogP contribution in [0.15, 0.2) is 0 Å². The van der Waals surface area contributed by atoms with Crippen LogP contribution < -0.4 is 10.6 Å². The molecule has 138 valence electrons. The van der Waals surface area contributed by atoms with Gasteiger partial charge in [-0.1, -0.05) is 6.92 Å². The molecule has 2 amide bonds. The van der Waals surface area contributed by atoms with E-state index in [0.717, 1.165) is 0 Å². The molecule has 0 saturated heterocycles. The largest absolute Gasteiger partial charge is 0.437 e. The fourth-order valence-corrected chi connectivity index (χ4v) is 2.47. The van der Waals surface area contributed by atoms with Gasteiger partial charge < -0.3 is 10.6 Å². The molecular weight excluding hydrogens is 343 g/mol. The Labute approximate surface area is 140 Å². The zero-order chi connectivity index (χ0) is 18.6. The summed E-state index contributed by atoms with van der Waals surface area (Å²) in [5.74, 6) is -1.70. The molecule has 0 aliphatic heterocycles. The van der Waals surface area contributed by atoms with Crippen LogP contribution in [-0.4, -0.2) is 46.1 Å².